The van der Waals surface area contributed by atoms with Gasteiger partial charge in [-0.15, -0.1) is 13.2 Å². The van der Waals surface area contributed by atoms with Gasteiger partial charge in [0.1, 0.15) is 0 Å². The van der Waals surface area contributed by atoms with Crippen LogP contribution in [0.4, 0.5) is 13.2 Å². The molecule has 42 heavy (non-hydrogen) atoms. The Bertz CT molecular complexity index is 1210. The minimum absolute atomic E-state index is 0.0530. The largest absolute Gasteiger partial charge is 0.544 e. The van der Waals surface area contributed by atoms with Crippen LogP contribution in [0.25, 0.3) is 0 Å². The van der Waals surface area contributed by atoms with Gasteiger partial charge in [-0.25, -0.2) is 5.06 Å². The molecule has 1 unspecified atom stereocenters. The van der Waals surface area contributed by atoms with E-state index in [1.165, 1.54) is 0 Å². The van der Waals surface area contributed by atoms with Crippen LogP contribution >= 0.6 is 0 Å². The number of aliphatic hydroxyl groups is 1. The normalized spacial score (nSPS) is 48.3. The highest BCUT2D eigenvalue weighted by molar-refractivity contribution is 5.95. The molecule has 6 aliphatic carbocycles. The molecular formula is C34H50F3NO4. The molecule has 9 atom stereocenters. The Balaban J connectivity index is 1.38. The number of hydrogen-bond donors (Lipinski definition) is 1. The van der Waals surface area contributed by atoms with E-state index in [0.717, 1.165) is 44.1 Å². The number of rotatable bonds is 3. The number of carbonyl (C=O) groups is 2. The predicted octanol–water partition coefficient (Wildman–Crippen LogP) is 7.77. The average Bonchev–Trinajstić information content (AvgIpc) is 3.72. The summed E-state index contributed by atoms with van der Waals surface area (Å²) in [5.74, 6) is -0.342. The van der Waals surface area contributed by atoms with Crippen LogP contribution in [0.2, 0.25) is 0 Å². The molecule has 5 nitrogen and oxygen atoms in total. The molecule has 5 saturated carbocycles. The van der Waals surface area contributed by atoms with E-state index < -0.39 is 23.7 Å². The fraction of sp³-hybridized carbons (Fsp3) is 0.882. The van der Waals surface area contributed by atoms with Gasteiger partial charge in [0.15, 0.2) is 5.78 Å². The summed E-state index contributed by atoms with van der Waals surface area (Å²) < 4.78 is 40.0. The Kier molecular flexibility index (Phi) is 6.62. The summed E-state index contributed by atoms with van der Waals surface area (Å²) in [6, 6.07) is -0.523. The van der Waals surface area contributed by atoms with Gasteiger partial charge in [-0.05, 0) is 116 Å². The Morgan fingerprint density at radius 2 is 1.57 bits per heavy atom. The summed E-state index contributed by atoms with van der Waals surface area (Å²) in [4.78, 5) is 32.6. The standard InChI is InChI=1S/C34H50F3NO4/c1-28(2)24-10-13-33(7)26(31(24,5)12-11-25(28)40)23(39)18-21-22-19-30(4,15-14-29(22,3)16-17-32(21,33)6)27(41)38(20-8-9-20)42-34(35,36)37/h18,20,22,24-26,40H,8-17,19H2,1-7H3/t22-,24?,25-,26+,29+,30-,31-,32+,33+/m0/s1. The number of halogens is 3. The molecule has 0 aromatic heterocycles. The molecule has 0 radical (unpaired) electrons. The van der Waals surface area contributed by atoms with Crippen molar-refractivity contribution in [1.29, 1.82) is 0 Å². The molecule has 0 heterocycles. The Hall–Kier alpha value is -1.41. The van der Waals surface area contributed by atoms with Crippen LogP contribution in [0.1, 0.15) is 119 Å². The molecule has 0 bridgehead atoms. The number of hydrogen-bond acceptors (Lipinski definition) is 4. The zero-order chi connectivity index (χ0) is 30.9. The second-order valence-corrected chi connectivity index (χ2v) is 17.0. The Morgan fingerprint density at radius 1 is 0.929 bits per heavy atom. The van der Waals surface area contributed by atoms with Crippen molar-refractivity contribution in [2.75, 3.05) is 0 Å². The van der Waals surface area contributed by atoms with Crippen molar-refractivity contribution in [2.24, 2.45) is 50.2 Å². The van der Waals surface area contributed by atoms with E-state index in [1.807, 2.05) is 13.0 Å². The zero-order valence-corrected chi connectivity index (χ0v) is 26.5. The molecule has 0 spiro atoms. The topological polar surface area (TPSA) is 66.8 Å². The van der Waals surface area contributed by atoms with Crippen molar-refractivity contribution in [3.8, 4) is 0 Å². The van der Waals surface area contributed by atoms with Crippen molar-refractivity contribution in [3.05, 3.63) is 11.6 Å². The van der Waals surface area contributed by atoms with Gasteiger partial charge in [0.2, 0.25) is 0 Å². The van der Waals surface area contributed by atoms with Gasteiger partial charge in [-0.1, -0.05) is 54.0 Å². The smallest absolute Gasteiger partial charge is 0.393 e. The number of amides is 1. The van der Waals surface area contributed by atoms with E-state index >= 15 is 0 Å². The monoisotopic (exact) mass is 593 g/mol. The lowest BCUT2D eigenvalue weighted by atomic mass is 9.33. The third-order valence-electron chi connectivity index (χ3n) is 14.4. The van der Waals surface area contributed by atoms with Gasteiger partial charge in [-0.2, -0.15) is 4.84 Å². The predicted molar refractivity (Wildman–Crippen MR) is 152 cm³/mol. The number of aliphatic hydroxyl groups excluding tert-OH is 1. The summed E-state index contributed by atoms with van der Waals surface area (Å²) >= 11 is 0. The van der Waals surface area contributed by atoms with Crippen molar-refractivity contribution >= 4 is 11.7 Å². The lowest BCUT2D eigenvalue weighted by Gasteiger charge is -2.70. The molecule has 8 heteroatoms. The first-order valence-electron chi connectivity index (χ1n) is 16.3. The van der Waals surface area contributed by atoms with Gasteiger partial charge in [-0.3, -0.25) is 9.59 Å². The second-order valence-electron chi connectivity index (χ2n) is 17.0. The molecule has 0 saturated heterocycles. The quantitative estimate of drug-likeness (QED) is 0.340. The van der Waals surface area contributed by atoms with Gasteiger partial charge in [0, 0.05) is 11.3 Å². The SMILES string of the molecule is CC1(C)C2CC[C@]3(C)[C@H](C(=O)C=C4[C@@H]5C[C@@](C)(C(=O)N(OC(F)(F)F)C6CC6)CC[C@]5(C)CC[C@]43C)[C@@]2(C)CC[C@@H]1O. The van der Waals surface area contributed by atoms with Crippen LogP contribution in [0.5, 0.6) is 0 Å². The minimum atomic E-state index is -4.91. The maximum atomic E-state index is 14.5. The highest BCUT2D eigenvalue weighted by atomic mass is 19.4. The molecule has 0 aromatic carbocycles. The zero-order valence-electron chi connectivity index (χ0n) is 26.5. The molecule has 5 fully saturated rings. The summed E-state index contributed by atoms with van der Waals surface area (Å²) in [6.07, 6.45) is 4.70. The maximum Gasteiger partial charge on any atom is 0.544 e. The number of alkyl halides is 3. The van der Waals surface area contributed by atoms with Gasteiger partial charge in [0.05, 0.1) is 12.1 Å². The number of carbonyl (C=O) groups excluding carboxylic acids is 2. The molecule has 6 rings (SSSR count). The van der Waals surface area contributed by atoms with E-state index in [2.05, 4.69) is 46.4 Å². The summed E-state index contributed by atoms with van der Waals surface area (Å²) in [5.41, 5.74) is -0.962. The minimum Gasteiger partial charge on any atom is -0.393 e. The van der Waals surface area contributed by atoms with Gasteiger partial charge in [0.25, 0.3) is 5.91 Å². The van der Waals surface area contributed by atoms with Crippen LogP contribution < -0.4 is 0 Å². The number of hydroxylamine groups is 2. The van der Waals surface area contributed by atoms with E-state index in [1.54, 1.807) is 0 Å². The van der Waals surface area contributed by atoms with Crippen molar-refractivity contribution in [3.63, 3.8) is 0 Å². The summed E-state index contributed by atoms with van der Waals surface area (Å²) in [5, 5.41) is 11.6. The van der Waals surface area contributed by atoms with Crippen LogP contribution in [-0.2, 0) is 14.4 Å². The first-order valence-corrected chi connectivity index (χ1v) is 16.3. The molecule has 0 aromatic rings. The first kappa shape index (κ1) is 30.6. The highest BCUT2D eigenvalue weighted by Gasteiger charge is 2.70. The molecule has 236 valence electrons. The highest BCUT2D eigenvalue weighted by Crippen LogP contribution is 2.75. The van der Waals surface area contributed by atoms with E-state index in [0.29, 0.717) is 37.2 Å². The van der Waals surface area contributed by atoms with Crippen molar-refractivity contribution < 1.29 is 32.7 Å². The van der Waals surface area contributed by atoms with E-state index in [4.69, 9.17) is 0 Å². The molecule has 1 N–H and O–H groups in total. The molecule has 1 amide bonds. The van der Waals surface area contributed by atoms with E-state index in [9.17, 15) is 27.9 Å². The fourth-order valence-corrected chi connectivity index (χ4v) is 11.3. The van der Waals surface area contributed by atoms with Crippen LogP contribution in [0.15, 0.2) is 11.6 Å². The first-order chi connectivity index (χ1) is 19.2. The van der Waals surface area contributed by atoms with Crippen molar-refractivity contribution in [2.45, 2.75) is 138 Å². The second kappa shape index (κ2) is 9.08. The Morgan fingerprint density at radius 3 is 2.19 bits per heavy atom. The number of fused-ring (bicyclic) bond motifs is 7. The third-order valence-corrected chi connectivity index (χ3v) is 14.4. The van der Waals surface area contributed by atoms with E-state index in [-0.39, 0.29) is 56.7 Å². The van der Waals surface area contributed by atoms with Crippen LogP contribution in [0, 0.1) is 50.2 Å². The van der Waals surface area contributed by atoms with Gasteiger partial charge < -0.3 is 5.11 Å². The van der Waals surface area contributed by atoms with Crippen molar-refractivity contribution in [1.82, 2.24) is 5.06 Å². The fourth-order valence-electron chi connectivity index (χ4n) is 11.3. The average molecular weight is 594 g/mol. The van der Waals surface area contributed by atoms with Crippen LogP contribution in [0.3, 0.4) is 0 Å². The number of allylic oxidation sites excluding steroid dienone is 2. The molecule has 6 aliphatic rings. The number of nitrogens with zero attached hydrogens (tertiary/aromatic N) is 1. The maximum absolute atomic E-state index is 14.5. The summed E-state index contributed by atoms with van der Waals surface area (Å²) in [6.45, 7) is 15.4. The summed E-state index contributed by atoms with van der Waals surface area (Å²) in [7, 11) is 0. The lowest BCUT2D eigenvalue weighted by Crippen LogP contribution is -2.66. The third kappa shape index (κ3) is 4.15. The Labute approximate surface area is 248 Å². The number of ketones is 1. The molecule has 0 aliphatic heterocycles. The lowest BCUT2D eigenvalue weighted by molar-refractivity contribution is -0.406. The molecular weight excluding hydrogens is 543 g/mol. The van der Waals surface area contributed by atoms with Gasteiger partial charge >= 0.3 is 6.36 Å². The van der Waals surface area contributed by atoms with Crippen LogP contribution in [-0.4, -0.2) is 40.4 Å².